The van der Waals surface area contributed by atoms with E-state index < -0.39 is 11.5 Å². The summed E-state index contributed by atoms with van der Waals surface area (Å²) in [5.74, 6) is -0.921. The first-order valence-electron chi connectivity index (χ1n) is 6.17. The first-order valence-corrected chi connectivity index (χ1v) is 6.17. The number of hydrogen-bond acceptors (Lipinski definition) is 3. The van der Waals surface area contributed by atoms with Crippen molar-refractivity contribution >= 4 is 12.0 Å². The quantitative estimate of drug-likeness (QED) is 0.665. The highest BCUT2D eigenvalue weighted by Crippen LogP contribution is 2.39. The summed E-state index contributed by atoms with van der Waals surface area (Å²) >= 11 is 0. The van der Waals surface area contributed by atoms with Crippen LogP contribution in [0, 0.1) is 5.92 Å². The Morgan fingerprint density at radius 2 is 2.11 bits per heavy atom. The minimum atomic E-state index is -1.15. The molecule has 1 aliphatic carbocycles. The molecule has 0 aliphatic heterocycles. The minimum absolute atomic E-state index is 0.0475. The van der Waals surface area contributed by atoms with E-state index >= 15 is 0 Å². The van der Waals surface area contributed by atoms with Crippen LogP contribution in [0.15, 0.2) is 0 Å². The number of ether oxygens (including phenoxy) is 1. The van der Waals surface area contributed by atoms with Gasteiger partial charge in [0.2, 0.25) is 0 Å². The number of nitrogens with zero attached hydrogens (tertiary/aromatic N) is 1. The molecule has 0 heterocycles. The fourth-order valence-corrected chi connectivity index (χ4v) is 1.86. The number of nitrogens with one attached hydrogen (secondary N) is 1. The van der Waals surface area contributed by atoms with E-state index in [0.717, 1.165) is 19.3 Å². The molecule has 0 spiro atoms. The number of carbonyl (C=O) groups is 2. The molecule has 18 heavy (non-hydrogen) atoms. The van der Waals surface area contributed by atoms with Gasteiger partial charge in [-0.1, -0.05) is 0 Å². The lowest BCUT2D eigenvalue weighted by Crippen LogP contribution is -2.57. The van der Waals surface area contributed by atoms with Gasteiger partial charge in [-0.3, -0.25) is 0 Å². The van der Waals surface area contributed by atoms with Crippen LogP contribution in [0.4, 0.5) is 4.79 Å². The van der Waals surface area contributed by atoms with Crippen LogP contribution in [0.2, 0.25) is 0 Å². The summed E-state index contributed by atoms with van der Waals surface area (Å²) in [6, 6.07) is -0.345. The Hall–Kier alpha value is -1.30. The van der Waals surface area contributed by atoms with E-state index in [4.69, 9.17) is 4.74 Å². The summed E-state index contributed by atoms with van der Waals surface area (Å²) < 4.78 is 4.91. The van der Waals surface area contributed by atoms with Crippen molar-refractivity contribution in [3.05, 3.63) is 0 Å². The molecule has 2 N–H and O–H groups in total. The molecular formula is C12H22N2O4. The number of carboxylic acid groups (broad SMARTS) is 1. The maximum absolute atomic E-state index is 11.9. The lowest BCUT2D eigenvalue weighted by molar-refractivity contribution is -0.144. The van der Waals surface area contributed by atoms with Crippen LogP contribution in [0.3, 0.4) is 0 Å². The molecule has 104 valence electrons. The Morgan fingerprint density at radius 3 is 2.56 bits per heavy atom. The predicted octanol–water partition coefficient (Wildman–Crippen LogP) is 0.918. The number of carbonyl (C=O) groups excluding carboxylic acids is 1. The zero-order valence-corrected chi connectivity index (χ0v) is 11.2. The third kappa shape index (κ3) is 3.60. The van der Waals surface area contributed by atoms with Crippen LogP contribution >= 0.6 is 0 Å². The number of rotatable bonds is 7. The van der Waals surface area contributed by atoms with E-state index in [-0.39, 0.29) is 11.9 Å². The van der Waals surface area contributed by atoms with Crippen LogP contribution in [0.1, 0.15) is 26.2 Å². The highest BCUT2D eigenvalue weighted by Gasteiger charge is 2.48. The SMILES string of the molecule is COCCCN(C)C(=O)NC(C)(C(=O)O)C1CC1. The summed E-state index contributed by atoms with van der Waals surface area (Å²) in [7, 11) is 3.26. The van der Waals surface area contributed by atoms with E-state index in [1.165, 1.54) is 4.90 Å². The second-order valence-corrected chi connectivity index (χ2v) is 4.98. The fourth-order valence-electron chi connectivity index (χ4n) is 1.86. The molecule has 6 heteroatoms. The van der Waals surface area contributed by atoms with Gasteiger partial charge in [0, 0.05) is 27.3 Å². The van der Waals surface area contributed by atoms with Gasteiger partial charge in [-0.25, -0.2) is 9.59 Å². The Morgan fingerprint density at radius 1 is 1.50 bits per heavy atom. The van der Waals surface area contributed by atoms with Crippen molar-refractivity contribution in [2.75, 3.05) is 27.3 Å². The van der Waals surface area contributed by atoms with E-state index in [0.29, 0.717) is 13.2 Å². The highest BCUT2D eigenvalue weighted by atomic mass is 16.5. The van der Waals surface area contributed by atoms with E-state index in [2.05, 4.69) is 5.32 Å². The molecule has 0 aromatic heterocycles. The fraction of sp³-hybridized carbons (Fsp3) is 0.833. The van der Waals surface area contributed by atoms with Crippen LogP contribution < -0.4 is 5.32 Å². The standard InChI is InChI=1S/C12H22N2O4/c1-12(10(15)16,9-5-6-9)13-11(17)14(2)7-4-8-18-3/h9H,4-8H2,1-3H3,(H,13,17)(H,15,16). The molecule has 0 aromatic rings. The van der Waals surface area contributed by atoms with Gasteiger partial charge in [0.25, 0.3) is 0 Å². The minimum Gasteiger partial charge on any atom is -0.480 e. The number of methoxy groups -OCH3 is 1. The van der Waals surface area contributed by atoms with Gasteiger partial charge in [-0.15, -0.1) is 0 Å². The maximum Gasteiger partial charge on any atom is 0.329 e. The molecule has 0 bridgehead atoms. The van der Waals surface area contributed by atoms with Crippen LogP contribution in [-0.4, -0.2) is 54.9 Å². The van der Waals surface area contributed by atoms with Crippen molar-refractivity contribution in [1.82, 2.24) is 10.2 Å². The number of urea groups is 1. The van der Waals surface area contributed by atoms with Crippen molar-refractivity contribution in [1.29, 1.82) is 0 Å². The molecule has 0 aromatic carbocycles. The Bertz CT molecular complexity index is 317. The summed E-state index contributed by atoms with van der Waals surface area (Å²) in [4.78, 5) is 24.7. The summed E-state index contributed by atoms with van der Waals surface area (Å²) in [6.07, 6.45) is 2.45. The third-order valence-electron chi connectivity index (χ3n) is 3.39. The smallest absolute Gasteiger partial charge is 0.329 e. The van der Waals surface area contributed by atoms with Crippen LogP contribution in [-0.2, 0) is 9.53 Å². The first kappa shape index (κ1) is 14.8. The molecule has 0 saturated heterocycles. The molecule has 1 rings (SSSR count). The molecule has 1 aliphatic rings. The van der Waals surface area contributed by atoms with Crippen molar-refractivity contribution in [3.63, 3.8) is 0 Å². The summed E-state index contributed by atoms with van der Waals surface area (Å²) in [5.41, 5.74) is -1.15. The molecule has 1 fully saturated rings. The van der Waals surface area contributed by atoms with Crippen LogP contribution in [0.25, 0.3) is 0 Å². The zero-order chi connectivity index (χ0) is 13.8. The second-order valence-electron chi connectivity index (χ2n) is 4.98. The van der Waals surface area contributed by atoms with Crippen molar-refractivity contribution in [3.8, 4) is 0 Å². The van der Waals surface area contributed by atoms with Crippen molar-refractivity contribution < 1.29 is 19.4 Å². The molecule has 6 nitrogen and oxygen atoms in total. The normalized spacial score (nSPS) is 17.9. The average molecular weight is 258 g/mol. The van der Waals surface area contributed by atoms with E-state index in [1.54, 1.807) is 21.1 Å². The highest BCUT2D eigenvalue weighted by molar-refractivity contribution is 5.86. The van der Waals surface area contributed by atoms with Gasteiger partial charge in [0.05, 0.1) is 0 Å². The van der Waals surface area contributed by atoms with Gasteiger partial charge < -0.3 is 20.1 Å². The van der Waals surface area contributed by atoms with Crippen LogP contribution in [0.5, 0.6) is 0 Å². The molecule has 1 unspecified atom stereocenters. The molecule has 1 atom stereocenters. The summed E-state index contributed by atoms with van der Waals surface area (Å²) in [6.45, 7) is 2.70. The topological polar surface area (TPSA) is 78.9 Å². The average Bonchev–Trinajstić information content (AvgIpc) is 3.12. The van der Waals surface area contributed by atoms with Crippen molar-refractivity contribution in [2.24, 2.45) is 5.92 Å². The first-order chi connectivity index (χ1) is 8.41. The largest absolute Gasteiger partial charge is 0.480 e. The van der Waals surface area contributed by atoms with Gasteiger partial charge in [-0.2, -0.15) is 0 Å². The Labute approximate surface area is 107 Å². The molecule has 1 saturated carbocycles. The number of aliphatic carboxylic acids is 1. The summed E-state index contributed by atoms with van der Waals surface area (Å²) in [5, 5.41) is 11.9. The lowest BCUT2D eigenvalue weighted by atomic mass is 9.96. The van der Waals surface area contributed by atoms with E-state index in [9.17, 15) is 14.7 Å². The zero-order valence-electron chi connectivity index (χ0n) is 11.2. The van der Waals surface area contributed by atoms with Crippen molar-refractivity contribution in [2.45, 2.75) is 31.7 Å². The number of hydrogen-bond donors (Lipinski definition) is 2. The maximum atomic E-state index is 11.9. The van der Waals surface area contributed by atoms with Gasteiger partial charge in [0.1, 0.15) is 5.54 Å². The van der Waals surface area contributed by atoms with E-state index in [1.807, 2.05) is 0 Å². The van der Waals surface area contributed by atoms with Gasteiger partial charge >= 0.3 is 12.0 Å². The number of amides is 2. The lowest BCUT2D eigenvalue weighted by Gasteiger charge is -2.29. The monoisotopic (exact) mass is 258 g/mol. The third-order valence-corrected chi connectivity index (χ3v) is 3.39. The predicted molar refractivity (Wildman–Crippen MR) is 66.4 cm³/mol. The Balaban J connectivity index is 2.48. The Kier molecular flexibility index (Phi) is 4.95. The van der Waals surface area contributed by atoms with Gasteiger partial charge in [-0.05, 0) is 32.1 Å². The molecular weight excluding hydrogens is 236 g/mol. The van der Waals surface area contributed by atoms with Gasteiger partial charge in [0.15, 0.2) is 0 Å². The second kappa shape index (κ2) is 6.04. The molecule has 0 radical (unpaired) electrons. The molecule has 2 amide bonds. The number of carboxylic acids is 1.